The lowest BCUT2D eigenvalue weighted by Crippen LogP contribution is -2.30. The fraction of sp³-hybridized carbons (Fsp3) is 0.250. The van der Waals surface area contributed by atoms with Gasteiger partial charge in [-0.1, -0.05) is 6.07 Å². The van der Waals surface area contributed by atoms with Gasteiger partial charge in [-0.2, -0.15) is 0 Å². The Morgan fingerprint density at radius 3 is 2.42 bits per heavy atom. The highest BCUT2D eigenvalue weighted by atomic mass is 32.2. The minimum absolute atomic E-state index is 0.00563. The Morgan fingerprint density at radius 1 is 1.08 bits per heavy atom. The highest BCUT2D eigenvalue weighted by Crippen LogP contribution is 2.14. The van der Waals surface area contributed by atoms with Crippen LogP contribution in [-0.2, 0) is 16.4 Å². The Bertz CT molecular complexity index is 762. The standard InChI is InChI=1S/C16H20N4O3S/c1-2-24(22,23)20-15-8-6-14(7-9-15)19-16(21)18-12-10-13-5-3-4-11-17-13/h3-9,11,20H,2,10,12H2,1H3,(H2,18,19,21). The minimum Gasteiger partial charge on any atom is -0.337 e. The third-order valence-corrected chi connectivity index (χ3v) is 4.50. The van der Waals surface area contributed by atoms with E-state index in [-0.39, 0.29) is 11.8 Å². The molecule has 8 heteroatoms. The molecule has 0 atom stereocenters. The molecule has 0 aliphatic carbocycles. The Labute approximate surface area is 141 Å². The quantitative estimate of drug-likeness (QED) is 0.714. The van der Waals surface area contributed by atoms with Crippen molar-refractivity contribution in [3.63, 3.8) is 0 Å². The van der Waals surface area contributed by atoms with E-state index < -0.39 is 10.0 Å². The fourth-order valence-corrected chi connectivity index (χ4v) is 2.54. The van der Waals surface area contributed by atoms with Crippen LogP contribution in [0.15, 0.2) is 48.7 Å². The summed E-state index contributed by atoms with van der Waals surface area (Å²) in [5.74, 6) is 0.00563. The summed E-state index contributed by atoms with van der Waals surface area (Å²) in [6.07, 6.45) is 2.36. The van der Waals surface area contributed by atoms with Crippen molar-refractivity contribution in [2.45, 2.75) is 13.3 Å². The first kappa shape index (κ1) is 17.7. The summed E-state index contributed by atoms with van der Waals surface area (Å²) in [6, 6.07) is 11.8. The molecule has 7 nitrogen and oxygen atoms in total. The van der Waals surface area contributed by atoms with Crippen LogP contribution >= 0.6 is 0 Å². The number of benzene rings is 1. The first-order chi connectivity index (χ1) is 11.5. The largest absolute Gasteiger partial charge is 0.337 e. The predicted octanol–water partition coefficient (Wildman–Crippen LogP) is 2.21. The molecule has 1 aromatic heterocycles. The van der Waals surface area contributed by atoms with Crippen LogP contribution < -0.4 is 15.4 Å². The van der Waals surface area contributed by atoms with Gasteiger partial charge in [0.1, 0.15) is 0 Å². The lowest BCUT2D eigenvalue weighted by atomic mass is 10.3. The van der Waals surface area contributed by atoms with E-state index in [9.17, 15) is 13.2 Å². The second-order valence-electron chi connectivity index (χ2n) is 5.03. The number of nitrogens with one attached hydrogen (secondary N) is 3. The fourth-order valence-electron chi connectivity index (χ4n) is 1.90. The number of urea groups is 1. The van der Waals surface area contributed by atoms with Crippen LogP contribution in [0, 0.1) is 0 Å². The Kier molecular flexibility index (Phi) is 6.14. The molecule has 3 N–H and O–H groups in total. The number of hydrogen-bond acceptors (Lipinski definition) is 4. The number of aromatic nitrogens is 1. The molecule has 0 aliphatic heterocycles. The summed E-state index contributed by atoms with van der Waals surface area (Å²) in [4.78, 5) is 16.0. The van der Waals surface area contributed by atoms with Crippen LogP contribution in [0.5, 0.6) is 0 Å². The van der Waals surface area contributed by atoms with Gasteiger partial charge in [0, 0.05) is 36.2 Å². The van der Waals surface area contributed by atoms with Crippen molar-refractivity contribution in [1.29, 1.82) is 0 Å². The summed E-state index contributed by atoms with van der Waals surface area (Å²) in [7, 11) is -3.30. The van der Waals surface area contributed by atoms with Crippen LogP contribution in [-0.4, -0.2) is 31.7 Å². The average molecular weight is 348 g/mol. The zero-order chi connectivity index (χ0) is 17.4. The van der Waals surface area contributed by atoms with Crippen molar-refractivity contribution in [3.05, 3.63) is 54.4 Å². The van der Waals surface area contributed by atoms with Crippen molar-refractivity contribution >= 4 is 27.4 Å². The predicted molar refractivity (Wildman–Crippen MR) is 94.5 cm³/mol. The van der Waals surface area contributed by atoms with E-state index >= 15 is 0 Å². The minimum atomic E-state index is -3.30. The van der Waals surface area contributed by atoms with Gasteiger partial charge in [0.05, 0.1) is 5.75 Å². The molecular formula is C16H20N4O3S. The van der Waals surface area contributed by atoms with Crippen molar-refractivity contribution in [1.82, 2.24) is 10.3 Å². The topological polar surface area (TPSA) is 100 Å². The molecule has 0 bridgehead atoms. The zero-order valence-corrected chi connectivity index (χ0v) is 14.1. The normalized spacial score (nSPS) is 10.9. The number of carbonyl (C=O) groups excluding carboxylic acids is 1. The highest BCUT2D eigenvalue weighted by molar-refractivity contribution is 7.92. The SMILES string of the molecule is CCS(=O)(=O)Nc1ccc(NC(=O)NCCc2ccccn2)cc1. The molecule has 2 rings (SSSR count). The Hall–Kier alpha value is -2.61. The summed E-state index contributed by atoms with van der Waals surface area (Å²) in [6.45, 7) is 2.03. The molecule has 1 aromatic carbocycles. The summed E-state index contributed by atoms with van der Waals surface area (Å²) in [5.41, 5.74) is 1.94. The molecule has 1 heterocycles. The maximum absolute atomic E-state index is 11.8. The molecule has 0 aliphatic rings. The van der Waals surface area contributed by atoms with Gasteiger partial charge in [-0.25, -0.2) is 13.2 Å². The molecule has 2 aromatic rings. The number of pyridine rings is 1. The lowest BCUT2D eigenvalue weighted by Gasteiger charge is -2.09. The van der Waals surface area contributed by atoms with E-state index in [4.69, 9.17) is 0 Å². The van der Waals surface area contributed by atoms with Gasteiger partial charge in [0.2, 0.25) is 10.0 Å². The van der Waals surface area contributed by atoms with E-state index in [1.807, 2.05) is 18.2 Å². The third-order valence-electron chi connectivity index (χ3n) is 3.19. The number of carbonyl (C=O) groups is 1. The van der Waals surface area contributed by atoms with Gasteiger partial charge < -0.3 is 10.6 Å². The number of nitrogens with zero attached hydrogens (tertiary/aromatic N) is 1. The van der Waals surface area contributed by atoms with E-state index in [2.05, 4.69) is 20.3 Å². The first-order valence-corrected chi connectivity index (χ1v) is 9.19. The highest BCUT2D eigenvalue weighted by Gasteiger charge is 2.07. The third kappa shape index (κ3) is 5.88. The molecule has 0 saturated carbocycles. The van der Waals surface area contributed by atoms with Crippen molar-refractivity contribution in [2.24, 2.45) is 0 Å². The summed E-state index contributed by atoms with van der Waals surface area (Å²) < 4.78 is 25.4. The zero-order valence-electron chi connectivity index (χ0n) is 13.3. The molecule has 0 radical (unpaired) electrons. The van der Waals surface area contributed by atoms with Crippen LogP contribution in [0.2, 0.25) is 0 Å². The second kappa shape index (κ2) is 8.30. The summed E-state index contributed by atoms with van der Waals surface area (Å²) >= 11 is 0. The van der Waals surface area contributed by atoms with E-state index in [1.54, 1.807) is 37.4 Å². The molecule has 0 spiro atoms. The molecule has 0 fully saturated rings. The number of rotatable bonds is 7. The van der Waals surface area contributed by atoms with Crippen LogP contribution in [0.25, 0.3) is 0 Å². The van der Waals surface area contributed by atoms with Gasteiger partial charge in [-0.3, -0.25) is 9.71 Å². The molecule has 0 unspecified atom stereocenters. The maximum Gasteiger partial charge on any atom is 0.319 e. The van der Waals surface area contributed by atoms with Crippen molar-refractivity contribution < 1.29 is 13.2 Å². The lowest BCUT2D eigenvalue weighted by molar-refractivity contribution is 0.252. The van der Waals surface area contributed by atoms with E-state index in [0.717, 1.165) is 5.69 Å². The van der Waals surface area contributed by atoms with Crippen molar-refractivity contribution in [3.8, 4) is 0 Å². The molecule has 0 saturated heterocycles. The number of sulfonamides is 1. The summed E-state index contributed by atoms with van der Waals surface area (Å²) in [5, 5.41) is 5.42. The van der Waals surface area contributed by atoms with Gasteiger partial charge in [-0.15, -0.1) is 0 Å². The second-order valence-corrected chi connectivity index (χ2v) is 7.05. The van der Waals surface area contributed by atoms with E-state index in [0.29, 0.717) is 24.3 Å². The van der Waals surface area contributed by atoms with Crippen molar-refractivity contribution in [2.75, 3.05) is 22.3 Å². The van der Waals surface area contributed by atoms with Gasteiger partial charge in [-0.05, 0) is 43.3 Å². The van der Waals surface area contributed by atoms with Crippen LogP contribution in [0.3, 0.4) is 0 Å². The van der Waals surface area contributed by atoms with Crippen LogP contribution in [0.4, 0.5) is 16.2 Å². The maximum atomic E-state index is 11.8. The first-order valence-electron chi connectivity index (χ1n) is 7.54. The van der Waals surface area contributed by atoms with Gasteiger partial charge >= 0.3 is 6.03 Å². The molecule has 128 valence electrons. The monoisotopic (exact) mass is 348 g/mol. The number of hydrogen-bond donors (Lipinski definition) is 3. The van der Waals surface area contributed by atoms with Gasteiger partial charge in [0.15, 0.2) is 0 Å². The van der Waals surface area contributed by atoms with E-state index in [1.165, 1.54) is 0 Å². The number of anilines is 2. The molecule has 24 heavy (non-hydrogen) atoms. The smallest absolute Gasteiger partial charge is 0.319 e. The Balaban J connectivity index is 1.79. The Morgan fingerprint density at radius 2 is 1.79 bits per heavy atom. The number of amides is 2. The average Bonchev–Trinajstić information content (AvgIpc) is 2.57. The van der Waals surface area contributed by atoms with Crippen LogP contribution in [0.1, 0.15) is 12.6 Å². The van der Waals surface area contributed by atoms with Gasteiger partial charge in [0.25, 0.3) is 0 Å². The molecular weight excluding hydrogens is 328 g/mol. The molecule has 2 amide bonds.